The molecule has 0 bridgehead atoms. The Balaban J connectivity index is 4.24. The van der Waals surface area contributed by atoms with Crippen molar-refractivity contribution in [3.63, 3.8) is 0 Å². The molecule has 0 saturated carbocycles. The quantitative estimate of drug-likeness (QED) is 0.640. The topological polar surface area (TPSA) is 93.9 Å². The summed E-state index contributed by atoms with van der Waals surface area (Å²) in [5.74, 6) is 0.465. The van der Waals surface area contributed by atoms with Gasteiger partial charge in [0.25, 0.3) is 0 Å². The van der Waals surface area contributed by atoms with E-state index in [1.165, 1.54) is 4.90 Å². The first-order valence-corrected chi connectivity index (χ1v) is 5.84. The molecule has 0 aliphatic rings. The monoisotopic (exact) mass is 226 g/mol. The summed E-state index contributed by atoms with van der Waals surface area (Å²) >= 11 is 1.61. The fourth-order valence-electron chi connectivity index (χ4n) is 0.985. The van der Waals surface area contributed by atoms with Gasteiger partial charge < -0.3 is 10.6 Å². The third kappa shape index (κ3) is 5.26. The molecule has 0 aromatic rings. The van der Waals surface area contributed by atoms with Crippen LogP contribution in [0, 0.1) is 22.7 Å². The lowest BCUT2D eigenvalue weighted by molar-refractivity contribution is -0.131. The number of hydrogen-bond donors (Lipinski definition) is 1. The summed E-state index contributed by atoms with van der Waals surface area (Å²) in [6.45, 7) is -0.168. The summed E-state index contributed by atoms with van der Waals surface area (Å²) in [5.41, 5.74) is 5.64. The standard InChI is InChI=1S/C9H14N4OS/c1-15-7-2-8(12)9(14)13(5-3-10)6-4-11/h8H,2,5-7,12H2,1H3/t8-/m1/s1. The van der Waals surface area contributed by atoms with E-state index < -0.39 is 6.04 Å². The van der Waals surface area contributed by atoms with Gasteiger partial charge in [0, 0.05) is 0 Å². The first-order chi connectivity index (χ1) is 7.17. The average molecular weight is 226 g/mol. The lowest BCUT2D eigenvalue weighted by atomic mass is 10.2. The minimum Gasteiger partial charge on any atom is -0.320 e. The van der Waals surface area contributed by atoms with Crippen molar-refractivity contribution in [3.05, 3.63) is 0 Å². The van der Waals surface area contributed by atoms with Gasteiger partial charge in [0.1, 0.15) is 13.1 Å². The van der Waals surface area contributed by atoms with E-state index in [0.29, 0.717) is 6.42 Å². The van der Waals surface area contributed by atoms with Crippen LogP contribution in [-0.2, 0) is 4.79 Å². The zero-order chi connectivity index (χ0) is 11.7. The van der Waals surface area contributed by atoms with Crippen LogP contribution < -0.4 is 5.73 Å². The highest BCUT2D eigenvalue weighted by molar-refractivity contribution is 7.98. The Morgan fingerprint density at radius 3 is 2.40 bits per heavy atom. The van der Waals surface area contributed by atoms with Gasteiger partial charge in [-0.1, -0.05) is 0 Å². The van der Waals surface area contributed by atoms with Crippen molar-refractivity contribution in [2.45, 2.75) is 12.5 Å². The Labute approximate surface area is 93.8 Å². The molecule has 0 unspecified atom stereocenters. The smallest absolute Gasteiger partial charge is 0.241 e. The Bertz CT molecular complexity index is 265. The van der Waals surface area contributed by atoms with E-state index in [-0.39, 0.29) is 19.0 Å². The Morgan fingerprint density at radius 1 is 1.47 bits per heavy atom. The van der Waals surface area contributed by atoms with E-state index in [0.717, 1.165) is 5.75 Å². The molecular weight excluding hydrogens is 212 g/mol. The molecule has 0 aliphatic heterocycles. The maximum Gasteiger partial charge on any atom is 0.241 e. The summed E-state index contributed by atoms with van der Waals surface area (Å²) < 4.78 is 0. The molecule has 0 aliphatic carbocycles. The zero-order valence-electron chi connectivity index (χ0n) is 8.64. The van der Waals surface area contributed by atoms with Crippen molar-refractivity contribution < 1.29 is 4.79 Å². The van der Waals surface area contributed by atoms with Crippen LogP contribution in [0.25, 0.3) is 0 Å². The lowest BCUT2D eigenvalue weighted by Crippen LogP contribution is -2.44. The minimum atomic E-state index is -0.612. The van der Waals surface area contributed by atoms with Crippen LogP contribution in [0.1, 0.15) is 6.42 Å². The van der Waals surface area contributed by atoms with Crippen LogP contribution >= 0.6 is 11.8 Å². The largest absolute Gasteiger partial charge is 0.320 e. The molecule has 0 heterocycles. The molecule has 0 aromatic heterocycles. The summed E-state index contributed by atoms with van der Waals surface area (Å²) in [6, 6.07) is 3.06. The number of hydrogen-bond acceptors (Lipinski definition) is 5. The van der Waals surface area contributed by atoms with Crippen LogP contribution in [0.3, 0.4) is 0 Å². The van der Waals surface area contributed by atoms with Crippen molar-refractivity contribution in [2.75, 3.05) is 25.1 Å². The van der Waals surface area contributed by atoms with Crippen molar-refractivity contribution >= 4 is 17.7 Å². The van der Waals surface area contributed by atoms with Crippen LogP contribution in [0.4, 0.5) is 0 Å². The molecule has 0 rings (SSSR count). The number of carbonyl (C=O) groups excluding carboxylic acids is 1. The Morgan fingerprint density at radius 2 is 2.00 bits per heavy atom. The van der Waals surface area contributed by atoms with E-state index in [1.807, 2.05) is 18.4 Å². The molecule has 15 heavy (non-hydrogen) atoms. The molecule has 2 N–H and O–H groups in total. The lowest BCUT2D eigenvalue weighted by Gasteiger charge is -2.20. The molecule has 0 aromatic carbocycles. The third-order valence-corrected chi connectivity index (χ3v) is 2.43. The number of nitrogens with two attached hydrogens (primary N) is 1. The van der Waals surface area contributed by atoms with Gasteiger partial charge in [-0.25, -0.2) is 0 Å². The Kier molecular flexibility index (Phi) is 7.43. The van der Waals surface area contributed by atoms with Crippen molar-refractivity contribution in [3.8, 4) is 12.1 Å². The summed E-state index contributed by atoms with van der Waals surface area (Å²) in [7, 11) is 0. The van der Waals surface area contributed by atoms with E-state index in [4.69, 9.17) is 16.3 Å². The first-order valence-electron chi connectivity index (χ1n) is 4.44. The number of carbonyl (C=O) groups is 1. The maximum atomic E-state index is 11.6. The molecule has 0 radical (unpaired) electrons. The summed E-state index contributed by atoms with van der Waals surface area (Å²) in [5, 5.41) is 16.9. The normalized spacial score (nSPS) is 11.2. The second kappa shape index (κ2) is 8.10. The van der Waals surface area contributed by atoms with Gasteiger partial charge in [-0.2, -0.15) is 22.3 Å². The van der Waals surface area contributed by atoms with Gasteiger partial charge in [-0.3, -0.25) is 4.79 Å². The number of amides is 1. The van der Waals surface area contributed by atoms with Crippen LogP contribution in [0.15, 0.2) is 0 Å². The second-order valence-corrected chi connectivity index (χ2v) is 3.88. The van der Waals surface area contributed by atoms with Crippen molar-refractivity contribution in [1.82, 2.24) is 4.90 Å². The third-order valence-electron chi connectivity index (χ3n) is 1.78. The minimum absolute atomic E-state index is 0.0840. The number of rotatable bonds is 6. The fourth-order valence-corrected chi connectivity index (χ4v) is 1.47. The second-order valence-electron chi connectivity index (χ2n) is 2.90. The van der Waals surface area contributed by atoms with Crippen molar-refractivity contribution in [2.24, 2.45) is 5.73 Å². The summed E-state index contributed by atoms with van der Waals surface area (Å²) in [6.07, 6.45) is 2.49. The van der Waals surface area contributed by atoms with Gasteiger partial charge in [-0.05, 0) is 18.4 Å². The molecule has 6 heteroatoms. The van der Waals surface area contributed by atoms with Crippen LogP contribution in [0.5, 0.6) is 0 Å². The van der Waals surface area contributed by atoms with Crippen LogP contribution in [0.2, 0.25) is 0 Å². The van der Waals surface area contributed by atoms with E-state index in [2.05, 4.69) is 0 Å². The Hall–Kier alpha value is -1.24. The van der Waals surface area contributed by atoms with Gasteiger partial charge in [0.2, 0.25) is 5.91 Å². The molecule has 0 fully saturated rings. The molecule has 1 atom stereocenters. The predicted octanol–water partition coefficient (Wildman–Crippen LogP) is -0.0574. The summed E-state index contributed by atoms with van der Waals surface area (Å²) in [4.78, 5) is 12.8. The molecule has 1 amide bonds. The molecule has 0 saturated heterocycles. The number of thioether (sulfide) groups is 1. The highest BCUT2D eigenvalue weighted by Crippen LogP contribution is 2.02. The molecular formula is C9H14N4OS. The maximum absolute atomic E-state index is 11.6. The molecule has 0 spiro atoms. The predicted molar refractivity (Wildman–Crippen MR) is 58.8 cm³/mol. The fraction of sp³-hybridized carbons (Fsp3) is 0.667. The van der Waals surface area contributed by atoms with Crippen molar-refractivity contribution in [1.29, 1.82) is 10.5 Å². The number of nitriles is 2. The van der Waals surface area contributed by atoms with E-state index in [9.17, 15) is 4.79 Å². The van der Waals surface area contributed by atoms with Gasteiger partial charge in [0.15, 0.2) is 0 Å². The van der Waals surface area contributed by atoms with Crippen LogP contribution in [-0.4, -0.2) is 41.9 Å². The average Bonchev–Trinajstić information content (AvgIpc) is 2.24. The zero-order valence-corrected chi connectivity index (χ0v) is 9.46. The molecule has 5 nitrogen and oxygen atoms in total. The SMILES string of the molecule is CSCC[C@@H](N)C(=O)N(CC#N)CC#N. The van der Waals surface area contributed by atoms with Gasteiger partial charge in [0.05, 0.1) is 18.2 Å². The molecule has 82 valence electrons. The first kappa shape index (κ1) is 13.8. The number of nitrogens with zero attached hydrogens (tertiary/aromatic N) is 3. The van der Waals surface area contributed by atoms with E-state index >= 15 is 0 Å². The highest BCUT2D eigenvalue weighted by Gasteiger charge is 2.19. The van der Waals surface area contributed by atoms with Gasteiger partial charge in [-0.15, -0.1) is 0 Å². The van der Waals surface area contributed by atoms with E-state index in [1.54, 1.807) is 11.8 Å². The van der Waals surface area contributed by atoms with Gasteiger partial charge >= 0.3 is 0 Å². The highest BCUT2D eigenvalue weighted by atomic mass is 32.2.